The summed E-state index contributed by atoms with van der Waals surface area (Å²) in [6.07, 6.45) is 0.997. The monoisotopic (exact) mass is 267 g/mol. The van der Waals surface area contributed by atoms with Crippen LogP contribution >= 0.6 is 15.9 Å². The highest BCUT2D eigenvalue weighted by atomic mass is 79.9. The Morgan fingerprint density at radius 3 is 3.07 bits per heavy atom. The fraction of sp³-hybridized carbons (Fsp3) is 0.364. The standard InChI is InChI=1S/C11H14BrN3/c1-7(5-6-13)8-3-2-4-9-10(8)11(12)15-14-9/h2-4,7H,5-6,13H2,1H3,(H,14,15). The number of nitrogens with one attached hydrogen (secondary N) is 1. The number of hydrogen-bond donors (Lipinski definition) is 2. The third-order valence-electron chi connectivity index (χ3n) is 2.70. The van der Waals surface area contributed by atoms with Gasteiger partial charge in [0.15, 0.2) is 0 Å². The van der Waals surface area contributed by atoms with E-state index in [2.05, 4.69) is 39.1 Å². The quantitative estimate of drug-likeness (QED) is 0.899. The van der Waals surface area contributed by atoms with E-state index in [0.717, 1.165) is 16.5 Å². The van der Waals surface area contributed by atoms with E-state index >= 15 is 0 Å². The summed E-state index contributed by atoms with van der Waals surface area (Å²) >= 11 is 3.49. The van der Waals surface area contributed by atoms with Gasteiger partial charge in [0.25, 0.3) is 0 Å². The Kier molecular flexibility index (Phi) is 3.07. The number of rotatable bonds is 3. The zero-order chi connectivity index (χ0) is 10.8. The second kappa shape index (κ2) is 4.33. The van der Waals surface area contributed by atoms with E-state index in [1.807, 2.05) is 12.1 Å². The third-order valence-corrected chi connectivity index (χ3v) is 3.27. The van der Waals surface area contributed by atoms with Crippen molar-refractivity contribution in [2.45, 2.75) is 19.3 Å². The summed E-state index contributed by atoms with van der Waals surface area (Å²) in [5.41, 5.74) is 7.90. The molecule has 0 spiro atoms. The van der Waals surface area contributed by atoms with Gasteiger partial charge < -0.3 is 5.73 Å². The Hall–Kier alpha value is -0.870. The van der Waals surface area contributed by atoms with Gasteiger partial charge in [-0.3, -0.25) is 5.10 Å². The topological polar surface area (TPSA) is 54.7 Å². The average molecular weight is 268 g/mol. The minimum absolute atomic E-state index is 0.465. The van der Waals surface area contributed by atoms with Crippen LogP contribution in [0.5, 0.6) is 0 Å². The van der Waals surface area contributed by atoms with Crippen molar-refractivity contribution in [2.75, 3.05) is 6.54 Å². The van der Waals surface area contributed by atoms with Crippen LogP contribution in [0, 0.1) is 0 Å². The Bertz CT molecular complexity index is 464. The molecule has 1 atom stereocenters. The first-order valence-corrected chi connectivity index (χ1v) is 5.86. The minimum Gasteiger partial charge on any atom is -0.330 e. The normalized spacial score (nSPS) is 13.3. The van der Waals surface area contributed by atoms with Gasteiger partial charge in [-0.1, -0.05) is 19.1 Å². The Morgan fingerprint density at radius 2 is 2.33 bits per heavy atom. The summed E-state index contributed by atoms with van der Waals surface area (Å²) in [4.78, 5) is 0. The number of nitrogens with two attached hydrogens (primary N) is 1. The molecule has 0 bridgehead atoms. The third kappa shape index (κ3) is 1.92. The number of aromatic nitrogens is 2. The van der Waals surface area contributed by atoms with Crippen molar-refractivity contribution in [3.05, 3.63) is 28.4 Å². The van der Waals surface area contributed by atoms with Gasteiger partial charge in [-0.2, -0.15) is 5.10 Å². The van der Waals surface area contributed by atoms with Crippen molar-refractivity contribution >= 4 is 26.8 Å². The molecule has 0 aliphatic heterocycles. The second-order valence-corrected chi connectivity index (χ2v) is 4.55. The van der Waals surface area contributed by atoms with Crippen LogP contribution in [-0.2, 0) is 0 Å². The molecule has 0 saturated carbocycles. The van der Waals surface area contributed by atoms with Crippen LogP contribution in [0.1, 0.15) is 24.8 Å². The fourth-order valence-electron chi connectivity index (χ4n) is 1.87. The molecule has 1 aromatic heterocycles. The predicted octanol–water partition coefficient (Wildman–Crippen LogP) is 2.78. The molecule has 1 aromatic carbocycles. The first-order chi connectivity index (χ1) is 7.24. The van der Waals surface area contributed by atoms with E-state index in [1.54, 1.807) is 0 Å². The van der Waals surface area contributed by atoms with Gasteiger partial charge in [0.1, 0.15) is 4.60 Å². The van der Waals surface area contributed by atoms with E-state index in [4.69, 9.17) is 5.73 Å². The van der Waals surface area contributed by atoms with Crippen molar-refractivity contribution < 1.29 is 0 Å². The van der Waals surface area contributed by atoms with Crippen LogP contribution in [0.3, 0.4) is 0 Å². The van der Waals surface area contributed by atoms with Crippen LogP contribution in [0.25, 0.3) is 10.9 Å². The summed E-state index contributed by atoms with van der Waals surface area (Å²) < 4.78 is 0.956. The molecule has 2 aromatic rings. The predicted molar refractivity (Wildman–Crippen MR) is 65.9 cm³/mol. The van der Waals surface area contributed by atoms with Gasteiger partial charge >= 0.3 is 0 Å². The Balaban J connectivity index is 2.54. The Morgan fingerprint density at radius 1 is 1.53 bits per heavy atom. The zero-order valence-electron chi connectivity index (χ0n) is 8.63. The van der Waals surface area contributed by atoms with Gasteiger partial charge in [-0.25, -0.2) is 0 Å². The van der Waals surface area contributed by atoms with Crippen molar-refractivity contribution in [1.82, 2.24) is 10.2 Å². The summed E-state index contributed by atoms with van der Waals surface area (Å²) in [5, 5.41) is 8.35. The maximum Gasteiger partial charge on any atom is 0.109 e. The van der Waals surface area contributed by atoms with Crippen LogP contribution in [0.15, 0.2) is 22.8 Å². The molecule has 1 unspecified atom stereocenters. The summed E-state index contributed by atoms with van der Waals surface area (Å²) in [6, 6.07) is 6.19. The lowest BCUT2D eigenvalue weighted by Gasteiger charge is -2.11. The van der Waals surface area contributed by atoms with E-state index < -0.39 is 0 Å². The SMILES string of the molecule is CC(CCN)c1cccc2n[nH]c(Br)c12. The molecule has 3 nitrogen and oxygen atoms in total. The van der Waals surface area contributed by atoms with Crippen molar-refractivity contribution in [2.24, 2.45) is 5.73 Å². The van der Waals surface area contributed by atoms with Crippen LogP contribution in [-0.4, -0.2) is 16.7 Å². The first kappa shape index (κ1) is 10.6. The van der Waals surface area contributed by atoms with Crippen molar-refractivity contribution in [3.8, 4) is 0 Å². The highest BCUT2D eigenvalue weighted by molar-refractivity contribution is 9.10. The minimum atomic E-state index is 0.465. The number of aromatic amines is 1. The number of hydrogen-bond acceptors (Lipinski definition) is 2. The molecular weight excluding hydrogens is 254 g/mol. The van der Waals surface area contributed by atoms with Gasteiger partial charge in [-0.05, 0) is 46.4 Å². The molecule has 0 fully saturated rings. The number of nitrogens with zero attached hydrogens (tertiary/aromatic N) is 1. The second-order valence-electron chi connectivity index (χ2n) is 3.76. The largest absolute Gasteiger partial charge is 0.330 e. The summed E-state index contributed by atoms with van der Waals surface area (Å²) in [5.74, 6) is 0.465. The smallest absolute Gasteiger partial charge is 0.109 e. The van der Waals surface area contributed by atoms with E-state index in [1.165, 1.54) is 10.9 Å². The van der Waals surface area contributed by atoms with Crippen molar-refractivity contribution in [3.63, 3.8) is 0 Å². The van der Waals surface area contributed by atoms with Gasteiger partial charge in [0.05, 0.1) is 5.52 Å². The maximum atomic E-state index is 5.59. The highest BCUT2D eigenvalue weighted by Crippen LogP contribution is 2.30. The highest BCUT2D eigenvalue weighted by Gasteiger charge is 2.12. The van der Waals surface area contributed by atoms with Gasteiger partial charge in [-0.15, -0.1) is 0 Å². The molecule has 0 aliphatic rings. The van der Waals surface area contributed by atoms with Gasteiger partial charge in [0, 0.05) is 5.39 Å². The molecule has 3 N–H and O–H groups in total. The molecule has 80 valence electrons. The summed E-state index contributed by atoms with van der Waals surface area (Å²) in [7, 11) is 0. The molecule has 15 heavy (non-hydrogen) atoms. The molecular formula is C11H14BrN3. The number of fused-ring (bicyclic) bond motifs is 1. The van der Waals surface area contributed by atoms with E-state index in [-0.39, 0.29) is 0 Å². The number of benzene rings is 1. The average Bonchev–Trinajstić information content (AvgIpc) is 2.61. The number of H-pyrrole nitrogens is 1. The van der Waals surface area contributed by atoms with Gasteiger partial charge in [0.2, 0.25) is 0 Å². The number of halogens is 1. The molecule has 0 saturated heterocycles. The zero-order valence-corrected chi connectivity index (χ0v) is 10.2. The van der Waals surface area contributed by atoms with E-state index in [9.17, 15) is 0 Å². The lowest BCUT2D eigenvalue weighted by atomic mass is 9.95. The van der Waals surface area contributed by atoms with Crippen LogP contribution in [0.2, 0.25) is 0 Å². The maximum absolute atomic E-state index is 5.59. The molecule has 0 aliphatic carbocycles. The van der Waals surface area contributed by atoms with E-state index in [0.29, 0.717) is 12.5 Å². The molecule has 2 rings (SSSR count). The molecule has 0 radical (unpaired) electrons. The van der Waals surface area contributed by atoms with Crippen LogP contribution in [0.4, 0.5) is 0 Å². The van der Waals surface area contributed by atoms with Crippen LogP contribution < -0.4 is 5.73 Å². The molecule has 1 heterocycles. The Labute approximate surface area is 97.2 Å². The lowest BCUT2D eigenvalue weighted by molar-refractivity contribution is 0.695. The molecule has 0 amide bonds. The molecule has 4 heteroatoms. The summed E-state index contributed by atoms with van der Waals surface area (Å²) in [6.45, 7) is 2.91. The first-order valence-electron chi connectivity index (χ1n) is 5.06. The van der Waals surface area contributed by atoms with Crippen molar-refractivity contribution in [1.29, 1.82) is 0 Å². The fourth-order valence-corrected chi connectivity index (χ4v) is 2.39. The lowest BCUT2D eigenvalue weighted by Crippen LogP contribution is -2.04.